The number of piperidine rings is 1. The fourth-order valence-electron chi connectivity index (χ4n) is 6.14. The normalized spacial score (nSPS) is 22.9. The van der Waals surface area contributed by atoms with Gasteiger partial charge in [-0.25, -0.2) is 9.18 Å². The van der Waals surface area contributed by atoms with E-state index in [1.54, 1.807) is 0 Å². The van der Waals surface area contributed by atoms with Crippen LogP contribution in [0.4, 0.5) is 9.18 Å². The maximum atomic E-state index is 13.5. The third kappa shape index (κ3) is 3.49. The first-order chi connectivity index (χ1) is 16.6. The molecule has 5 nitrogen and oxygen atoms in total. The molecule has 2 saturated heterocycles. The second-order valence-electron chi connectivity index (χ2n) is 9.52. The minimum Gasteiger partial charge on any atom is -0.448 e. The zero-order valence-electron chi connectivity index (χ0n) is 18.7. The number of Topliss-reactive ketones (excluding diaryl/α,β-unsaturated/α-hetero) is 1. The fraction of sp³-hybridized carbons (Fsp3) is 0.321. The highest BCUT2D eigenvalue weighted by Gasteiger charge is 2.46. The summed E-state index contributed by atoms with van der Waals surface area (Å²) in [7, 11) is 0. The number of ketones is 1. The molecule has 2 unspecified atom stereocenters. The molecule has 3 aromatic rings. The predicted molar refractivity (Wildman–Crippen MR) is 125 cm³/mol. The summed E-state index contributed by atoms with van der Waals surface area (Å²) in [6, 6.07) is 17.8. The molecule has 2 bridgehead atoms. The Hall–Kier alpha value is -3.54. The molecule has 6 heteroatoms. The maximum Gasteiger partial charge on any atom is 0.410 e. The molecule has 2 aromatic carbocycles. The predicted octanol–water partition coefficient (Wildman–Crippen LogP) is 5.60. The van der Waals surface area contributed by atoms with Crippen LogP contribution < -0.4 is 0 Å². The van der Waals surface area contributed by atoms with Gasteiger partial charge in [0.25, 0.3) is 0 Å². The second-order valence-corrected chi connectivity index (χ2v) is 9.52. The second kappa shape index (κ2) is 8.35. The molecule has 172 valence electrons. The number of hydrogen-bond acceptors (Lipinski definition) is 4. The first kappa shape index (κ1) is 21.0. The highest BCUT2D eigenvalue weighted by molar-refractivity contribution is 5.97. The SMILES string of the molecule is O=C(c1cncc(F)c1)C1CC2CCC(C1)N2C(=O)OCC1c2ccccc2-c2ccccc21. The van der Waals surface area contributed by atoms with Gasteiger partial charge in [-0.1, -0.05) is 48.5 Å². The number of aromatic nitrogens is 1. The van der Waals surface area contributed by atoms with Gasteiger partial charge in [0.1, 0.15) is 12.4 Å². The summed E-state index contributed by atoms with van der Waals surface area (Å²) in [5, 5.41) is 0. The van der Waals surface area contributed by atoms with Crippen LogP contribution in [0.1, 0.15) is 53.1 Å². The summed E-state index contributed by atoms with van der Waals surface area (Å²) < 4.78 is 19.4. The molecular formula is C28H25FN2O3. The van der Waals surface area contributed by atoms with Gasteiger partial charge in [0.05, 0.1) is 6.20 Å². The lowest BCUT2D eigenvalue weighted by Gasteiger charge is -2.37. The van der Waals surface area contributed by atoms with Crippen LogP contribution in [-0.2, 0) is 4.74 Å². The van der Waals surface area contributed by atoms with Gasteiger partial charge < -0.3 is 9.64 Å². The highest BCUT2D eigenvalue weighted by atomic mass is 19.1. The van der Waals surface area contributed by atoms with Crippen molar-refractivity contribution in [1.29, 1.82) is 0 Å². The average molecular weight is 457 g/mol. The van der Waals surface area contributed by atoms with E-state index in [0.29, 0.717) is 25.0 Å². The largest absolute Gasteiger partial charge is 0.448 e. The molecule has 1 amide bonds. The Kier molecular flexibility index (Phi) is 5.16. The number of amides is 1. The molecule has 2 fully saturated rings. The van der Waals surface area contributed by atoms with E-state index in [4.69, 9.17) is 4.74 Å². The monoisotopic (exact) mass is 456 g/mol. The lowest BCUT2D eigenvalue weighted by atomic mass is 9.85. The summed E-state index contributed by atoms with van der Waals surface area (Å²) in [6.45, 7) is 0.292. The molecule has 0 radical (unpaired) electrons. The average Bonchev–Trinajstić information content (AvgIpc) is 3.32. The van der Waals surface area contributed by atoms with Crippen LogP contribution in [0.5, 0.6) is 0 Å². The van der Waals surface area contributed by atoms with E-state index in [-0.39, 0.29) is 35.8 Å². The number of halogens is 1. The van der Waals surface area contributed by atoms with E-state index in [9.17, 15) is 14.0 Å². The molecule has 1 aromatic heterocycles. The maximum absolute atomic E-state index is 13.5. The lowest BCUT2D eigenvalue weighted by molar-refractivity contribution is 0.0505. The molecule has 2 atom stereocenters. The molecule has 1 aliphatic carbocycles. The Morgan fingerprint density at radius 2 is 1.56 bits per heavy atom. The van der Waals surface area contributed by atoms with Crippen molar-refractivity contribution in [3.05, 3.63) is 89.5 Å². The number of carbonyl (C=O) groups excluding carboxylic acids is 2. The van der Waals surface area contributed by atoms with E-state index in [2.05, 4.69) is 29.2 Å². The number of pyridine rings is 1. The van der Waals surface area contributed by atoms with Gasteiger partial charge in [-0.2, -0.15) is 0 Å². The van der Waals surface area contributed by atoms with Gasteiger partial charge in [-0.15, -0.1) is 0 Å². The van der Waals surface area contributed by atoms with Crippen LogP contribution in [0.15, 0.2) is 67.0 Å². The van der Waals surface area contributed by atoms with E-state index in [0.717, 1.165) is 19.0 Å². The number of ether oxygens (including phenoxy) is 1. The van der Waals surface area contributed by atoms with Crippen molar-refractivity contribution < 1.29 is 18.7 Å². The molecule has 2 aliphatic heterocycles. The Bertz CT molecular complexity index is 1220. The van der Waals surface area contributed by atoms with E-state index >= 15 is 0 Å². The van der Waals surface area contributed by atoms with Crippen molar-refractivity contribution in [2.45, 2.75) is 43.7 Å². The van der Waals surface area contributed by atoms with Crippen LogP contribution in [0, 0.1) is 11.7 Å². The summed E-state index contributed by atoms with van der Waals surface area (Å²) in [4.78, 5) is 31.8. The van der Waals surface area contributed by atoms with Gasteiger partial charge >= 0.3 is 6.09 Å². The molecule has 0 N–H and O–H groups in total. The van der Waals surface area contributed by atoms with Crippen molar-refractivity contribution >= 4 is 11.9 Å². The van der Waals surface area contributed by atoms with Crippen LogP contribution in [0.3, 0.4) is 0 Å². The molecule has 3 heterocycles. The quantitative estimate of drug-likeness (QED) is 0.480. The number of carbonyl (C=O) groups is 2. The summed E-state index contributed by atoms with van der Waals surface area (Å²) in [5.74, 6) is -0.798. The zero-order chi connectivity index (χ0) is 23.2. The summed E-state index contributed by atoms with van der Waals surface area (Å²) in [5.41, 5.74) is 5.08. The molecule has 34 heavy (non-hydrogen) atoms. The first-order valence-electron chi connectivity index (χ1n) is 11.9. The van der Waals surface area contributed by atoms with Crippen molar-refractivity contribution in [2.24, 2.45) is 5.92 Å². The Labute approximate surface area is 197 Å². The fourth-order valence-corrected chi connectivity index (χ4v) is 6.14. The van der Waals surface area contributed by atoms with Crippen molar-refractivity contribution in [3.63, 3.8) is 0 Å². The van der Waals surface area contributed by atoms with Crippen molar-refractivity contribution in [3.8, 4) is 11.1 Å². The Morgan fingerprint density at radius 1 is 0.941 bits per heavy atom. The summed E-state index contributed by atoms with van der Waals surface area (Å²) >= 11 is 0. The molecule has 0 saturated carbocycles. The van der Waals surface area contributed by atoms with Gasteiger partial charge in [-0.3, -0.25) is 9.78 Å². The van der Waals surface area contributed by atoms with Gasteiger partial charge in [0, 0.05) is 35.7 Å². The molecule has 0 spiro atoms. The van der Waals surface area contributed by atoms with Crippen molar-refractivity contribution in [2.75, 3.05) is 6.61 Å². The number of hydrogen-bond donors (Lipinski definition) is 0. The van der Waals surface area contributed by atoms with Crippen LogP contribution >= 0.6 is 0 Å². The lowest BCUT2D eigenvalue weighted by Crippen LogP contribution is -2.48. The topological polar surface area (TPSA) is 59.5 Å². The third-order valence-corrected chi connectivity index (χ3v) is 7.64. The third-order valence-electron chi connectivity index (χ3n) is 7.64. The standard InChI is InChI=1S/C28H25FN2O3/c29-19-11-18(14-30-15-19)27(32)17-12-20-9-10-21(13-17)31(20)28(33)34-16-26-24-7-3-1-5-22(24)23-6-2-4-8-25(23)26/h1-8,11,14-15,17,20-21,26H,9-10,12-13,16H2. The molecule has 6 rings (SSSR count). The minimum atomic E-state index is -0.509. The van der Waals surface area contributed by atoms with Crippen LogP contribution in [-0.4, -0.2) is 40.5 Å². The highest BCUT2D eigenvalue weighted by Crippen LogP contribution is 2.45. The van der Waals surface area contributed by atoms with Gasteiger partial charge in [-0.05, 0) is 54.0 Å². The number of benzene rings is 2. The number of fused-ring (bicyclic) bond motifs is 5. The first-order valence-corrected chi connectivity index (χ1v) is 11.9. The molecule has 3 aliphatic rings. The van der Waals surface area contributed by atoms with E-state index in [1.807, 2.05) is 29.2 Å². The van der Waals surface area contributed by atoms with E-state index in [1.165, 1.54) is 34.5 Å². The van der Waals surface area contributed by atoms with Crippen LogP contribution in [0.2, 0.25) is 0 Å². The minimum absolute atomic E-state index is 0.0218. The smallest absolute Gasteiger partial charge is 0.410 e. The Morgan fingerprint density at radius 3 is 2.18 bits per heavy atom. The van der Waals surface area contributed by atoms with Gasteiger partial charge in [0.15, 0.2) is 5.78 Å². The Balaban J connectivity index is 1.15. The number of rotatable bonds is 4. The summed E-state index contributed by atoms with van der Waals surface area (Å²) in [6.07, 6.45) is 5.10. The van der Waals surface area contributed by atoms with Gasteiger partial charge in [0.2, 0.25) is 0 Å². The zero-order valence-corrected chi connectivity index (χ0v) is 18.7. The van der Waals surface area contributed by atoms with Crippen LogP contribution in [0.25, 0.3) is 11.1 Å². The van der Waals surface area contributed by atoms with Crippen molar-refractivity contribution in [1.82, 2.24) is 9.88 Å². The number of nitrogens with zero attached hydrogens (tertiary/aromatic N) is 2. The molecular weight excluding hydrogens is 431 g/mol. The van der Waals surface area contributed by atoms with E-state index < -0.39 is 5.82 Å².